The summed E-state index contributed by atoms with van der Waals surface area (Å²) < 4.78 is 0. The summed E-state index contributed by atoms with van der Waals surface area (Å²) >= 11 is 0. The molecule has 19 heavy (non-hydrogen) atoms. The van der Waals surface area contributed by atoms with Crippen molar-refractivity contribution in [3.63, 3.8) is 0 Å². The van der Waals surface area contributed by atoms with Gasteiger partial charge in [0.15, 0.2) is 0 Å². The maximum Gasteiger partial charge on any atom is 0.223 e. The topological polar surface area (TPSA) is 41.1 Å². The summed E-state index contributed by atoms with van der Waals surface area (Å²) in [6.07, 6.45) is 2.95. The van der Waals surface area contributed by atoms with Crippen molar-refractivity contribution in [2.45, 2.75) is 45.7 Å². The molecular formula is C16H24N2O. The van der Waals surface area contributed by atoms with Crippen molar-refractivity contribution in [3.8, 4) is 0 Å². The minimum Gasteiger partial charge on any atom is -0.352 e. The van der Waals surface area contributed by atoms with Gasteiger partial charge in [0.25, 0.3) is 0 Å². The van der Waals surface area contributed by atoms with E-state index in [1.165, 1.54) is 11.1 Å². The molecule has 1 aliphatic heterocycles. The monoisotopic (exact) mass is 260 g/mol. The first-order chi connectivity index (χ1) is 9.19. The van der Waals surface area contributed by atoms with E-state index in [0.717, 1.165) is 25.8 Å². The van der Waals surface area contributed by atoms with Crippen molar-refractivity contribution >= 4 is 5.91 Å². The highest BCUT2D eigenvalue weighted by atomic mass is 16.1. The molecule has 1 aromatic rings. The number of carbonyl (C=O) groups excluding carboxylic acids is 1. The molecular weight excluding hydrogens is 236 g/mol. The Hall–Kier alpha value is -1.35. The van der Waals surface area contributed by atoms with Crippen LogP contribution in [-0.4, -0.2) is 18.5 Å². The van der Waals surface area contributed by atoms with E-state index in [9.17, 15) is 4.79 Å². The number of hydrogen-bond donors (Lipinski definition) is 2. The van der Waals surface area contributed by atoms with Gasteiger partial charge >= 0.3 is 0 Å². The van der Waals surface area contributed by atoms with Gasteiger partial charge in [0, 0.05) is 18.5 Å². The zero-order chi connectivity index (χ0) is 13.7. The van der Waals surface area contributed by atoms with Crippen molar-refractivity contribution < 1.29 is 4.79 Å². The smallest absolute Gasteiger partial charge is 0.223 e. The molecule has 0 aromatic heterocycles. The van der Waals surface area contributed by atoms with Gasteiger partial charge in [-0.2, -0.15) is 0 Å². The first kappa shape index (κ1) is 14.1. The van der Waals surface area contributed by atoms with Crippen LogP contribution >= 0.6 is 0 Å². The summed E-state index contributed by atoms with van der Waals surface area (Å²) in [4.78, 5) is 12.1. The van der Waals surface area contributed by atoms with Crippen molar-refractivity contribution in [2.24, 2.45) is 5.92 Å². The van der Waals surface area contributed by atoms with Gasteiger partial charge in [-0.25, -0.2) is 0 Å². The Kier molecular flexibility index (Phi) is 4.97. The summed E-state index contributed by atoms with van der Waals surface area (Å²) in [6, 6.07) is 8.92. The Labute approximate surface area is 115 Å². The summed E-state index contributed by atoms with van der Waals surface area (Å²) in [5.41, 5.74) is 2.51. The van der Waals surface area contributed by atoms with E-state index in [0.29, 0.717) is 12.6 Å². The molecule has 104 valence electrons. The molecule has 0 saturated carbocycles. The molecule has 2 N–H and O–H groups in total. The zero-order valence-electron chi connectivity index (χ0n) is 11.9. The highest BCUT2D eigenvalue weighted by molar-refractivity contribution is 5.78. The molecule has 2 rings (SSSR count). The van der Waals surface area contributed by atoms with Crippen LogP contribution in [0.25, 0.3) is 0 Å². The summed E-state index contributed by atoms with van der Waals surface area (Å²) in [7, 11) is 0. The Morgan fingerprint density at radius 3 is 2.63 bits per heavy atom. The molecule has 1 aromatic carbocycles. The minimum atomic E-state index is 0.172. The fourth-order valence-electron chi connectivity index (χ4n) is 2.60. The molecule has 0 bridgehead atoms. The molecule has 1 saturated heterocycles. The third-order valence-electron chi connectivity index (χ3n) is 3.89. The van der Waals surface area contributed by atoms with E-state index in [1.54, 1.807) is 0 Å². The first-order valence-corrected chi connectivity index (χ1v) is 7.28. The number of amides is 1. The van der Waals surface area contributed by atoms with Gasteiger partial charge in [-0.05, 0) is 43.9 Å². The lowest BCUT2D eigenvalue weighted by Gasteiger charge is -2.27. The van der Waals surface area contributed by atoms with Gasteiger partial charge in [0.1, 0.15) is 0 Å². The second-order valence-corrected chi connectivity index (χ2v) is 5.46. The van der Waals surface area contributed by atoms with Gasteiger partial charge in [-0.3, -0.25) is 4.79 Å². The molecule has 2 unspecified atom stereocenters. The Bertz CT molecular complexity index is 413. The summed E-state index contributed by atoms with van der Waals surface area (Å²) in [5.74, 6) is 0.374. The van der Waals surface area contributed by atoms with Crippen LogP contribution in [-0.2, 0) is 17.8 Å². The van der Waals surface area contributed by atoms with Crippen LogP contribution in [0.15, 0.2) is 24.3 Å². The Morgan fingerprint density at radius 2 is 2.00 bits per heavy atom. The van der Waals surface area contributed by atoms with Gasteiger partial charge < -0.3 is 10.6 Å². The largest absolute Gasteiger partial charge is 0.352 e. The molecule has 1 heterocycles. The van der Waals surface area contributed by atoms with E-state index in [4.69, 9.17) is 0 Å². The van der Waals surface area contributed by atoms with Crippen LogP contribution in [0.5, 0.6) is 0 Å². The lowest BCUT2D eigenvalue weighted by atomic mass is 9.92. The van der Waals surface area contributed by atoms with Crippen LogP contribution in [0.3, 0.4) is 0 Å². The van der Waals surface area contributed by atoms with Crippen molar-refractivity contribution in [1.82, 2.24) is 10.6 Å². The average Bonchev–Trinajstić information content (AvgIpc) is 2.45. The predicted octanol–water partition coefficient (Wildman–Crippen LogP) is 2.25. The van der Waals surface area contributed by atoms with Gasteiger partial charge in [-0.15, -0.1) is 0 Å². The minimum absolute atomic E-state index is 0.172. The number of aryl methyl sites for hydroxylation is 1. The standard InChI is InChI=1S/C16H24N2O/c1-3-13-4-6-14(7-5-13)11-18-16(19)15-8-9-17-12(2)10-15/h4-7,12,15,17H,3,8-11H2,1-2H3,(H,18,19). The molecule has 3 nitrogen and oxygen atoms in total. The van der Waals surface area contributed by atoms with Gasteiger partial charge in [-0.1, -0.05) is 31.2 Å². The fraction of sp³-hybridized carbons (Fsp3) is 0.562. The van der Waals surface area contributed by atoms with Gasteiger partial charge in [0.05, 0.1) is 0 Å². The Morgan fingerprint density at radius 1 is 1.32 bits per heavy atom. The molecule has 1 fully saturated rings. The summed E-state index contributed by atoms with van der Waals surface area (Å²) in [5, 5.41) is 6.43. The van der Waals surface area contributed by atoms with E-state index >= 15 is 0 Å². The first-order valence-electron chi connectivity index (χ1n) is 7.28. The number of nitrogens with one attached hydrogen (secondary N) is 2. The van der Waals surface area contributed by atoms with Crippen LogP contribution in [0.1, 0.15) is 37.8 Å². The summed E-state index contributed by atoms with van der Waals surface area (Å²) in [6.45, 7) is 5.88. The lowest BCUT2D eigenvalue weighted by molar-refractivity contribution is -0.126. The maximum absolute atomic E-state index is 12.1. The highest BCUT2D eigenvalue weighted by Gasteiger charge is 2.24. The maximum atomic E-state index is 12.1. The van der Waals surface area contributed by atoms with Crippen LogP contribution < -0.4 is 10.6 Å². The van der Waals surface area contributed by atoms with E-state index in [-0.39, 0.29) is 11.8 Å². The lowest BCUT2D eigenvalue weighted by Crippen LogP contribution is -2.42. The molecule has 1 amide bonds. The number of rotatable bonds is 4. The van der Waals surface area contributed by atoms with E-state index in [1.807, 2.05) is 0 Å². The SMILES string of the molecule is CCc1ccc(CNC(=O)C2CCNC(C)C2)cc1. The zero-order valence-corrected chi connectivity index (χ0v) is 11.9. The van der Waals surface area contributed by atoms with E-state index in [2.05, 4.69) is 48.7 Å². The molecule has 0 aliphatic carbocycles. The molecule has 3 heteroatoms. The fourth-order valence-corrected chi connectivity index (χ4v) is 2.60. The van der Waals surface area contributed by atoms with Crippen LogP contribution in [0.4, 0.5) is 0 Å². The van der Waals surface area contributed by atoms with Crippen LogP contribution in [0.2, 0.25) is 0 Å². The van der Waals surface area contributed by atoms with E-state index < -0.39 is 0 Å². The highest BCUT2D eigenvalue weighted by Crippen LogP contribution is 2.16. The molecule has 0 radical (unpaired) electrons. The van der Waals surface area contributed by atoms with Crippen molar-refractivity contribution in [3.05, 3.63) is 35.4 Å². The molecule has 0 spiro atoms. The number of carbonyl (C=O) groups is 1. The van der Waals surface area contributed by atoms with Gasteiger partial charge in [0.2, 0.25) is 5.91 Å². The predicted molar refractivity (Wildman–Crippen MR) is 77.9 cm³/mol. The quantitative estimate of drug-likeness (QED) is 0.872. The second-order valence-electron chi connectivity index (χ2n) is 5.46. The number of benzene rings is 1. The van der Waals surface area contributed by atoms with Crippen molar-refractivity contribution in [1.29, 1.82) is 0 Å². The third kappa shape index (κ3) is 4.06. The van der Waals surface area contributed by atoms with Crippen molar-refractivity contribution in [2.75, 3.05) is 6.54 Å². The normalized spacial score (nSPS) is 23.1. The molecule has 2 atom stereocenters. The Balaban J connectivity index is 1.82. The second kappa shape index (κ2) is 6.71. The number of piperidine rings is 1. The third-order valence-corrected chi connectivity index (χ3v) is 3.89. The molecule has 1 aliphatic rings. The van der Waals surface area contributed by atoms with Crippen LogP contribution in [0, 0.1) is 5.92 Å². The average molecular weight is 260 g/mol. The number of hydrogen-bond acceptors (Lipinski definition) is 2.